The normalized spacial score (nSPS) is 14.6. The third kappa shape index (κ3) is 5.54. The summed E-state index contributed by atoms with van der Waals surface area (Å²) in [6, 6.07) is 0. The molecule has 86 valence electrons. The molecule has 1 atom stereocenters. The number of nitrogens with zero attached hydrogens (tertiary/aromatic N) is 1. The fraction of sp³-hybridized carbons (Fsp3) is 1.00. The van der Waals surface area contributed by atoms with Gasteiger partial charge in [0.1, 0.15) is 0 Å². The van der Waals surface area contributed by atoms with Gasteiger partial charge >= 0.3 is 0 Å². The standard InChI is InChI=1S/C8H20N2O3S/c1-4-6-9-14(12,13)10(3)7-5-8(2)11/h8-9,11H,4-7H2,1-3H3. The van der Waals surface area contributed by atoms with Crippen LogP contribution in [-0.2, 0) is 10.2 Å². The summed E-state index contributed by atoms with van der Waals surface area (Å²) in [4.78, 5) is 0. The minimum Gasteiger partial charge on any atom is -0.393 e. The van der Waals surface area contributed by atoms with Crippen LogP contribution in [0.5, 0.6) is 0 Å². The molecule has 0 radical (unpaired) electrons. The van der Waals surface area contributed by atoms with Crippen LogP contribution in [0.2, 0.25) is 0 Å². The second-order valence-corrected chi connectivity index (χ2v) is 5.22. The van der Waals surface area contributed by atoms with Crippen LogP contribution in [0.1, 0.15) is 26.7 Å². The van der Waals surface area contributed by atoms with Crippen LogP contribution in [-0.4, -0.2) is 44.1 Å². The molecule has 1 unspecified atom stereocenters. The summed E-state index contributed by atoms with van der Waals surface area (Å²) in [5.74, 6) is 0. The molecule has 0 saturated carbocycles. The topological polar surface area (TPSA) is 69.6 Å². The zero-order chi connectivity index (χ0) is 11.2. The van der Waals surface area contributed by atoms with E-state index in [4.69, 9.17) is 5.11 Å². The Kier molecular flexibility index (Phi) is 6.26. The van der Waals surface area contributed by atoms with Gasteiger partial charge in [-0.15, -0.1) is 0 Å². The molecule has 6 heteroatoms. The Morgan fingerprint density at radius 1 is 1.50 bits per heavy atom. The summed E-state index contributed by atoms with van der Waals surface area (Å²) < 4.78 is 26.5. The first-order valence-electron chi connectivity index (χ1n) is 4.79. The van der Waals surface area contributed by atoms with Crippen molar-refractivity contribution in [1.82, 2.24) is 9.03 Å². The van der Waals surface area contributed by atoms with Gasteiger partial charge in [0.15, 0.2) is 0 Å². The predicted molar refractivity (Wildman–Crippen MR) is 56.1 cm³/mol. The van der Waals surface area contributed by atoms with Crippen LogP contribution in [0.25, 0.3) is 0 Å². The van der Waals surface area contributed by atoms with E-state index in [1.165, 1.54) is 11.4 Å². The predicted octanol–water partition coefficient (Wildman–Crippen LogP) is -0.0665. The Labute approximate surface area is 86.3 Å². The van der Waals surface area contributed by atoms with E-state index in [1.54, 1.807) is 6.92 Å². The van der Waals surface area contributed by atoms with E-state index in [0.717, 1.165) is 6.42 Å². The summed E-state index contributed by atoms with van der Waals surface area (Å²) in [5.41, 5.74) is 0. The molecule has 0 aliphatic heterocycles. The van der Waals surface area contributed by atoms with E-state index < -0.39 is 16.3 Å². The molecule has 0 aliphatic rings. The van der Waals surface area contributed by atoms with E-state index in [1.807, 2.05) is 6.92 Å². The second-order valence-electron chi connectivity index (χ2n) is 3.36. The molecule has 0 aliphatic carbocycles. The molecule has 0 saturated heterocycles. The van der Waals surface area contributed by atoms with E-state index in [9.17, 15) is 8.42 Å². The number of hydrogen-bond acceptors (Lipinski definition) is 3. The first kappa shape index (κ1) is 13.8. The van der Waals surface area contributed by atoms with Crippen molar-refractivity contribution >= 4 is 10.2 Å². The molecule has 0 aromatic heterocycles. The third-order valence-electron chi connectivity index (χ3n) is 1.81. The van der Waals surface area contributed by atoms with Gasteiger partial charge in [0.2, 0.25) is 0 Å². The van der Waals surface area contributed by atoms with E-state index in [2.05, 4.69) is 4.72 Å². The third-order valence-corrected chi connectivity index (χ3v) is 3.38. The number of aliphatic hydroxyl groups excluding tert-OH is 1. The molecule has 0 amide bonds. The molecule has 0 aromatic carbocycles. The Morgan fingerprint density at radius 3 is 2.50 bits per heavy atom. The molecule has 0 spiro atoms. The van der Waals surface area contributed by atoms with Gasteiger partial charge in [0.05, 0.1) is 6.10 Å². The van der Waals surface area contributed by atoms with Crippen molar-refractivity contribution < 1.29 is 13.5 Å². The first-order valence-corrected chi connectivity index (χ1v) is 6.23. The number of rotatable bonds is 7. The molecule has 0 fully saturated rings. The zero-order valence-electron chi connectivity index (χ0n) is 9.02. The van der Waals surface area contributed by atoms with Crippen molar-refractivity contribution in [2.75, 3.05) is 20.1 Å². The van der Waals surface area contributed by atoms with Gasteiger partial charge in [-0.3, -0.25) is 0 Å². The summed E-state index contributed by atoms with van der Waals surface area (Å²) >= 11 is 0. The van der Waals surface area contributed by atoms with Crippen molar-refractivity contribution in [2.24, 2.45) is 0 Å². The van der Waals surface area contributed by atoms with Crippen LogP contribution in [0.3, 0.4) is 0 Å². The molecule has 0 aromatic rings. The highest BCUT2D eigenvalue weighted by atomic mass is 32.2. The molecule has 0 heterocycles. The van der Waals surface area contributed by atoms with Gasteiger partial charge in [-0.25, -0.2) is 4.72 Å². The van der Waals surface area contributed by atoms with Crippen molar-refractivity contribution in [1.29, 1.82) is 0 Å². The number of aliphatic hydroxyl groups is 1. The Hall–Kier alpha value is -0.170. The summed E-state index contributed by atoms with van der Waals surface area (Å²) in [5, 5.41) is 9.00. The van der Waals surface area contributed by atoms with E-state index in [-0.39, 0.29) is 0 Å². The Morgan fingerprint density at radius 2 is 2.07 bits per heavy atom. The minimum atomic E-state index is -3.35. The van der Waals surface area contributed by atoms with Crippen molar-refractivity contribution in [3.8, 4) is 0 Å². The number of hydrogen-bond donors (Lipinski definition) is 2. The summed E-state index contributed by atoms with van der Waals surface area (Å²) in [6.07, 6.45) is 0.742. The lowest BCUT2D eigenvalue weighted by Gasteiger charge is -2.17. The highest BCUT2D eigenvalue weighted by molar-refractivity contribution is 7.87. The molecule has 14 heavy (non-hydrogen) atoms. The molecule has 0 rings (SSSR count). The first-order chi connectivity index (χ1) is 6.40. The molecule has 0 bridgehead atoms. The molecular weight excluding hydrogens is 204 g/mol. The lowest BCUT2D eigenvalue weighted by Crippen LogP contribution is -2.39. The maximum absolute atomic E-state index is 11.4. The summed E-state index contributed by atoms with van der Waals surface area (Å²) in [6.45, 7) is 4.32. The SMILES string of the molecule is CCCNS(=O)(=O)N(C)CCC(C)O. The highest BCUT2D eigenvalue weighted by Crippen LogP contribution is 1.98. The molecule has 2 N–H and O–H groups in total. The quantitative estimate of drug-likeness (QED) is 0.636. The van der Waals surface area contributed by atoms with Gasteiger partial charge < -0.3 is 5.11 Å². The molecular formula is C8H20N2O3S. The van der Waals surface area contributed by atoms with Crippen LogP contribution in [0.4, 0.5) is 0 Å². The number of nitrogens with one attached hydrogen (secondary N) is 1. The Bertz CT molecular complexity index is 239. The zero-order valence-corrected chi connectivity index (χ0v) is 9.84. The van der Waals surface area contributed by atoms with Crippen LogP contribution in [0.15, 0.2) is 0 Å². The van der Waals surface area contributed by atoms with Crippen molar-refractivity contribution in [3.05, 3.63) is 0 Å². The molecule has 5 nitrogen and oxygen atoms in total. The Balaban J connectivity index is 4.01. The van der Waals surface area contributed by atoms with Crippen molar-refractivity contribution in [3.63, 3.8) is 0 Å². The van der Waals surface area contributed by atoms with Gasteiger partial charge in [0, 0.05) is 20.1 Å². The average Bonchev–Trinajstić information content (AvgIpc) is 2.10. The van der Waals surface area contributed by atoms with Gasteiger partial charge in [-0.1, -0.05) is 6.92 Å². The lowest BCUT2D eigenvalue weighted by atomic mass is 10.3. The van der Waals surface area contributed by atoms with Crippen molar-refractivity contribution in [2.45, 2.75) is 32.8 Å². The van der Waals surface area contributed by atoms with Crippen LogP contribution >= 0.6 is 0 Å². The van der Waals surface area contributed by atoms with E-state index in [0.29, 0.717) is 19.5 Å². The van der Waals surface area contributed by atoms with Crippen LogP contribution in [0, 0.1) is 0 Å². The maximum Gasteiger partial charge on any atom is 0.279 e. The minimum absolute atomic E-state index is 0.330. The second kappa shape index (κ2) is 6.34. The fourth-order valence-electron chi connectivity index (χ4n) is 0.830. The monoisotopic (exact) mass is 224 g/mol. The van der Waals surface area contributed by atoms with Gasteiger partial charge in [-0.05, 0) is 19.8 Å². The lowest BCUT2D eigenvalue weighted by molar-refractivity contribution is 0.177. The van der Waals surface area contributed by atoms with Gasteiger partial charge in [-0.2, -0.15) is 12.7 Å². The largest absolute Gasteiger partial charge is 0.393 e. The fourth-order valence-corrected chi connectivity index (χ4v) is 1.86. The highest BCUT2D eigenvalue weighted by Gasteiger charge is 2.16. The van der Waals surface area contributed by atoms with Crippen LogP contribution < -0.4 is 4.72 Å². The average molecular weight is 224 g/mol. The maximum atomic E-state index is 11.4. The van der Waals surface area contributed by atoms with Gasteiger partial charge in [0.25, 0.3) is 10.2 Å². The summed E-state index contributed by atoms with van der Waals surface area (Å²) in [7, 11) is -1.85. The smallest absolute Gasteiger partial charge is 0.279 e. The van der Waals surface area contributed by atoms with E-state index >= 15 is 0 Å².